The molecule has 18 heavy (non-hydrogen) atoms. The molecule has 0 unspecified atom stereocenters. The number of unbranched alkanes of at least 4 members (excludes halogenated alkanes) is 1. The van der Waals surface area contributed by atoms with Gasteiger partial charge in [0.05, 0.1) is 0 Å². The lowest BCUT2D eigenvalue weighted by Gasteiger charge is -2.09. The summed E-state index contributed by atoms with van der Waals surface area (Å²) in [5.41, 5.74) is 6.73. The lowest BCUT2D eigenvalue weighted by Crippen LogP contribution is -1.91. The molecule has 0 bridgehead atoms. The molecule has 1 aliphatic carbocycles. The Morgan fingerprint density at radius 3 is 2.72 bits per heavy atom. The van der Waals surface area contributed by atoms with Crippen LogP contribution in [-0.4, -0.2) is 0 Å². The normalized spacial score (nSPS) is 12.3. The Bertz CT molecular complexity index is 584. The van der Waals surface area contributed by atoms with Crippen LogP contribution in [-0.2, 0) is 12.8 Å². The summed E-state index contributed by atoms with van der Waals surface area (Å²) >= 11 is 6.58. The van der Waals surface area contributed by atoms with E-state index in [1.165, 1.54) is 40.7 Å². The summed E-state index contributed by atoms with van der Waals surface area (Å²) in [5, 5.41) is 0.997. The van der Waals surface area contributed by atoms with Gasteiger partial charge in [0.25, 0.3) is 0 Å². The van der Waals surface area contributed by atoms with Crippen molar-refractivity contribution >= 4 is 11.6 Å². The van der Waals surface area contributed by atoms with Crippen LogP contribution in [0.15, 0.2) is 36.4 Å². The van der Waals surface area contributed by atoms with Gasteiger partial charge >= 0.3 is 0 Å². The van der Waals surface area contributed by atoms with E-state index in [2.05, 4.69) is 43.3 Å². The van der Waals surface area contributed by atoms with Crippen LogP contribution in [0.25, 0.3) is 11.1 Å². The van der Waals surface area contributed by atoms with Gasteiger partial charge in [0.1, 0.15) is 0 Å². The number of fused-ring (bicyclic) bond motifs is 3. The summed E-state index contributed by atoms with van der Waals surface area (Å²) in [5.74, 6) is 0. The molecule has 0 atom stereocenters. The molecule has 0 heterocycles. The highest BCUT2D eigenvalue weighted by atomic mass is 35.5. The summed E-state index contributed by atoms with van der Waals surface area (Å²) in [4.78, 5) is 0. The molecule has 0 spiro atoms. The first-order valence-electron chi connectivity index (χ1n) is 6.69. The van der Waals surface area contributed by atoms with Gasteiger partial charge in [-0.2, -0.15) is 0 Å². The SMILES string of the molecule is CCCCc1ccc2c(c1Cl)Cc1ccccc1-2. The Balaban J connectivity index is 2.04. The van der Waals surface area contributed by atoms with Gasteiger partial charge in [-0.1, -0.05) is 61.3 Å². The third kappa shape index (κ3) is 1.85. The average molecular weight is 257 g/mol. The molecule has 0 amide bonds. The first kappa shape index (κ1) is 11.8. The minimum Gasteiger partial charge on any atom is -0.0837 e. The number of halogens is 1. The third-order valence-corrected chi connectivity index (χ3v) is 4.27. The Morgan fingerprint density at radius 2 is 1.89 bits per heavy atom. The molecule has 1 heteroatoms. The summed E-state index contributed by atoms with van der Waals surface area (Å²) in [6, 6.07) is 13.1. The Kier molecular flexibility index (Phi) is 3.13. The van der Waals surface area contributed by atoms with Crippen LogP contribution >= 0.6 is 11.6 Å². The highest BCUT2D eigenvalue weighted by Gasteiger charge is 2.21. The van der Waals surface area contributed by atoms with Crippen molar-refractivity contribution in [1.29, 1.82) is 0 Å². The Labute approximate surface area is 114 Å². The second-order valence-electron chi connectivity index (χ2n) is 5.00. The quantitative estimate of drug-likeness (QED) is 0.600. The molecule has 1 aliphatic rings. The molecule has 0 fully saturated rings. The molecule has 3 rings (SSSR count). The fourth-order valence-electron chi connectivity index (χ4n) is 2.78. The van der Waals surface area contributed by atoms with Gasteiger partial charge in [-0.3, -0.25) is 0 Å². The van der Waals surface area contributed by atoms with Gasteiger partial charge in [0.2, 0.25) is 0 Å². The van der Waals surface area contributed by atoms with E-state index in [1.54, 1.807) is 0 Å². The maximum absolute atomic E-state index is 6.58. The van der Waals surface area contributed by atoms with Crippen LogP contribution in [0.5, 0.6) is 0 Å². The number of hydrogen-bond acceptors (Lipinski definition) is 0. The van der Waals surface area contributed by atoms with Crippen molar-refractivity contribution in [2.24, 2.45) is 0 Å². The van der Waals surface area contributed by atoms with Crippen LogP contribution < -0.4 is 0 Å². The Morgan fingerprint density at radius 1 is 1.06 bits per heavy atom. The molecular formula is C17H17Cl. The van der Waals surface area contributed by atoms with E-state index in [4.69, 9.17) is 11.6 Å². The van der Waals surface area contributed by atoms with E-state index < -0.39 is 0 Å². The predicted molar refractivity (Wildman–Crippen MR) is 78.3 cm³/mol. The molecule has 0 radical (unpaired) electrons. The van der Waals surface area contributed by atoms with Crippen molar-refractivity contribution in [2.45, 2.75) is 32.6 Å². The van der Waals surface area contributed by atoms with Gasteiger partial charge in [-0.05, 0) is 40.7 Å². The molecule has 92 valence electrons. The van der Waals surface area contributed by atoms with E-state index in [1.807, 2.05) is 0 Å². The zero-order valence-electron chi connectivity index (χ0n) is 10.7. The van der Waals surface area contributed by atoms with Gasteiger partial charge in [0.15, 0.2) is 0 Å². The van der Waals surface area contributed by atoms with Crippen molar-refractivity contribution in [2.75, 3.05) is 0 Å². The molecule has 0 aliphatic heterocycles. The monoisotopic (exact) mass is 256 g/mol. The minimum atomic E-state index is 0.990. The molecular weight excluding hydrogens is 240 g/mol. The zero-order valence-corrected chi connectivity index (χ0v) is 11.4. The number of rotatable bonds is 3. The second kappa shape index (κ2) is 4.78. The first-order valence-corrected chi connectivity index (χ1v) is 7.07. The van der Waals surface area contributed by atoms with E-state index >= 15 is 0 Å². The van der Waals surface area contributed by atoms with Crippen LogP contribution in [0.3, 0.4) is 0 Å². The fourth-order valence-corrected chi connectivity index (χ4v) is 3.11. The zero-order chi connectivity index (χ0) is 12.5. The molecule has 2 aromatic rings. The van der Waals surface area contributed by atoms with E-state index in [0.717, 1.165) is 17.9 Å². The fraction of sp³-hybridized carbons (Fsp3) is 0.294. The molecule has 0 nitrogen and oxygen atoms in total. The van der Waals surface area contributed by atoms with E-state index in [0.29, 0.717) is 0 Å². The summed E-state index contributed by atoms with van der Waals surface area (Å²) in [6.07, 6.45) is 4.52. The summed E-state index contributed by atoms with van der Waals surface area (Å²) in [7, 11) is 0. The lowest BCUT2D eigenvalue weighted by atomic mass is 10.0. The maximum atomic E-state index is 6.58. The summed E-state index contributed by atoms with van der Waals surface area (Å²) in [6.45, 7) is 2.22. The van der Waals surface area contributed by atoms with E-state index in [9.17, 15) is 0 Å². The Hall–Kier alpha value is -1.27. The highest BCUT2D eigenvalue weighted by Crippen LogP contribution is 2.41. The maximum Gasteiger partial charge on any atom is 0.0479 e. The number of aryl methyl sites for hydroxylation is 1. The van der Waals surface area contributed by atoms with Gasteiger partial charge in [-0.15, -0.1) is 0 Å². The van der Waals surface area contributed by atoms with Crippen LogP contribution in [0.1, 0.15) is 36.5 Å². The average Bonchev–Trinajstić information content (AvgIpc) is 2.78. The number of benzene rings is 2. The van der Waals surface area contributed by atoms with Crippen LogP contribution in [0.4, 0.5) is 0 Å². The molecule has 2 aromatic carbocycles. The topological polar surface area (TPSA) is 0 Å². The van der Waals surface area contributed by atoms with Crippen molar-refractivity contribution in [1.82, 2.24) is 0 Å². The van der Waals surface area contributed by atoms with E-state index in [-0.39, 0.29) is 0 Å². The van der Waals surface area contributed by atoms with Crippen molar-refractivity contribution < 1.29 is 0 Å². The molecule has 0 saturated carbocycles. The largest absolute Gasteiger partial charge is 0.0837 e. The van der Waals surface area contributed by atoms with Crippen LogP contribution in [0.2, 0.25) is 5.02 Å². The second-order valence-corrected chi connectivity index (χ2v) is 5.38. The van der Waals surface area contributed by atoms with Gasteiger partial charge in [0, 0.05) is 11.4 Å². The first-order chi connectivity index (χ1) is 8.81. The van der Waals surface area contributed by atoms with Crippen LogP contribution in [0, 0.1) is 0 Å². The predicted octanol–water partition coefficient (Wildman–Crippen LogP) is 5.25. The third-order valence-electron chi connectivity index (χ3n) is 3.80. The molecule has 0 aromatic heterocycles. The highest BCUT2D eigenvalue weighted by molar-refractivity contribution is 6.32. The molecule has 0 saturated heterocycles. The lowest BCUT2D eigenvalue weighted by molar-refractivity contribution is 0.794. The minimum absolute atomic E-state index is 0.990. The number of hydrogen-bond donors (Lipinski definition) is 0. The van der Waals surface area contributed by atoms with Crippen molar-refractivity contribution in [3.05, 3.63) is 58.1 Å². The van der Waals surface area contributed by atoms with Crippen molar-refractivity contribution in [3.63, 3.8) is 0 Å². The van der Waals surface area contributed by atoms with Gasteiger partial charge in [-0.25, -0.2) is 0 Å². The standard InChI is InChI=1S/C17H17Cl/c1-2-3-6-12-9-10-15-14-8-5-4-7-13(14)11-16(15)17(12)18/h4-5,7-10H,2-3,6,11H2,1H3. The smallest absolute Gasteiger partial charge is 0.0479 e. The van der Waals surface area contributed by atoms with Gasteiger partial charge < -0.3 is 0 Å². The summed E-state index contributed by atoms with van der Waals surface area (Å²) < 4.78 is 0. The molecule has 0 N–H and O–H groups in total. The van der Waals surface area contributed by atoms with Crippen molar-refractivity contribution in [3.8, 4) is 11.1 Å².